The molecule has 152 valence electrons. The molecule has 0 saturated heterocycles. The van der Waals surface area contributed by atoms with Gasteiger partial charge in [-0.15, -0.1) is 0 Å². The molecule has 0 bridgehead atoms. The number of rotatable bonds is 6. The third-order valence-electron chi connectivity index (χ3n) is 5.52. The van der Waals surface area contributed by atoms with E-state index in [2.05, 4.69) is 4.98 Å². The van der Waals surface area contributed by atoms with Gasteiger partial charge in [0.15, 0.2) is 5.78 Å². The number of fused-ring (bicyclic) bond motifs is 1. The molecule has 0 unspecified atom stereocenters. The summed E-state index contributed by atoms with van der Waals surface area (Å²) in [6.45, 7) is 2.30. The lowest BCUT2D eigenvalue weighted by Gasteiger charge is -2.17. The van der Waals surface area contributed by atoms with Crippen molar-refractivity contribution in [1.29, 1.82) is 0 Å². The number of benzene rings is 2. The lowest BCUT2D eigenvalue weighted by Crippen LogP contribution is -2.28. The summed E-state index contributed by atoms with van der Waals surface area (Å²) in [5.41, 5.74) is 4.54. The van der Waals surface area contributed by atoms with Gasteiger partial charge >= 0.3 is 0 Å². The molecule has 0 atom stereocenters. The first-order chi connectivity index (χ1) is 14.6. The predicted octanol–water partition coefficient (Wildman–Crippen LogP) is 5.00. The summed E-state index contributed by atoms with van der Waals surface area (Å²) in [6, 6.07) is 14.5. The first kappa shape index (κ1) is 20.0. The van der Waals surface area contributed by atoms with E-state index in [1.165, 1.54) is 6.07 Å². The number of aromatic nitrogens is 1. The third kappa shape index (κ3) is 4.01. The van der Waals surface area contributed by atoms with E-state index in [1.807, 2.05) is 30.3 Å². The van der Waals surface area contributed by atoms with E-state index in [0.717, 1.165) is 22.3 Å². The molecule has 1 aliphatic heterocycles. The normalized spacial score (nSPS) is 12.7. The second-order valence-electron chi connectivity index (χ2n) is 7.48. The topological polar surface area (TPSA) is 50.3 Å². The Morgan fingerprint density at radius 1 is 1.10 bits per heavy atom. The molecule has 5 heteroatoms. The number of Topliss-reactive ketones (excluding diaryl/α,β-unsaturated/α-hetero) is 1. The Bertz CT molecular complexity index is 1080. The minimum absolute atomic E-state index is 0.0606. The highest BCUT2D eigenvalue weighted by Gasteiger charge is 2.27. The van der Waals surface area contributed by atoms with E-state index in [-0.39, 0.29) is 17.5 Å². The number of hydrogen-bond acceptors (Lipinski definition) is 3. The Balaban J connectivity index is 1.50. The quantitative estimate of drug-likeness (QED) is 0.545. The second-order valence-corrected chi connectivity index (χ2v) is 7.48. The first-order valence-corrected chi connectivity index (χ1v) is 10.2. The van der Waals surface area contributed by atoms with Crippen LogP contribution in [0.25, 0.3) is 11.1 Å². The fourth-order valence-electron chi connectivity index (χ4n) is 3.90. The molecule has 4 rings (SSSR count). The third-order valence-corrected chi connectivity index (χ3v) is 5.52. The van der Waals surface area contributed by atoms with E-state index in [9.17, 15) is 14.0 Å². The molecule has 2 aromatic carbocycles. The molecule has 30 heavy (non-hydrogen) atoms. The lowest BCUT2D eigenvalue weighted by molar-refractivity contribution is -0.118. The van der Waals surface area contributed by atoms with Crippen molar-refractivity contribution < 1.29 is 14.0 Å². The Labute approximate surface area is 175 Å². The van der Waals surface area contributed by atoms with Gasteiger partial charge in [0.05, 0.1) is 5.69 Å². The molecule has 1 amide bonds. The summed E-state index contributed by atoms with van der Waals surface area (Å²) in [6.07, 6.45) is 5.56. The van der Waals surface area contributed by atoms with Crippen molar-refractivity contribution in [2.75, 3.05) is 11.4 Å². The maximum Gasteiger partial charge on any atom is 0.226 e. The Kier molecular flexibility index (Phi) is 5.70. The molecule has 0 spiro atoms. The van der Waals surface area contributed by atoms with Gasteiger partial charge < -0.3 is 4.90 Å². The van der Waals surface area contributed by atoms with Crippen molar-refractivity contribution in [2.45, 2.75) is 32.6 Å². The Morgan fingerprint density at radius 2 is 1.90 bits per heavy atom. The highest BCUT2D eigenvalue weighted by atomic mass is 19.1. The number of anilines is 1. The van der Waals surface area contributed by atoms with Crippen molar-refractivity contribution in [1.82, 2.24) is 4.98 Å². The largest absolute Gasteiger partial charge is 0.309 e. The molecule has 0 radical (unpaired) electrons. The standard InChI is InChI=1S/C25H23FN2O2/c1-2-24(30)28-13-11-20-14-21(15-22(26)25(20)28)18-6-8-19(9-7-18)23(29)10-5-17-4-3-12-27-16-17/h3-4,6-9,12,14-16H,2,5,10-11,13H2,1H3. The number of aryl methyl sites for hydroxylation is 1. The first-order valence-electron chi connectivity index (χ1n) is 10.2. The van der Waals surface area contributed by atoms with Crippen LogP contribution in [0, 0.1) is 5.82 Å². The van der Waals surface area contributed by atoms with E-state index >= 15 is 0 Å². The van der Waals surface area contributed by atoms with Gasteiger partial charge in [0.1, 0.15) is 5.82 Å². The monoisotopic (exact) mass is 402 g/mol. The lowest BCUT2D eigenvalue weighted by atomic mass is 9.98. The van der Waals surface area contributed by atoms with Crippen molar-refractivity contribution in [2.24, 2.45) is 0 Å². The molecule has 0 aliphatic carbocycles. The predicted molar refractivity (Wildman–Crippen MR) is 115 cm³/mol. The highest BCUT2D eigenvalue weighted by Crippen LogP contribution is 2.35. The number of halogens is 1. The van der Waals surface area contributed by atoms with Crippen LogP contribution < -0.4 is 4.90 Å². The maximum atomic E-state index is 14.8. The van der Waals surface area contributed by atoms with E-state index < -0.39 is 0 Å². The van der Waals surface area contributed by atoms with E-state index in [4.69, 9.17) is 0 Å². The summed E-state index contributed by atoms with van der Waals surface area (Å²) in [5, 5.41) is 0. The SMILES string of the molecule is CCC(=O)N1CCc2cc(-c3ccc(C(=O)CCc4cccnc4)cc3)cc(F)c21. The van der Waals surface area contributed by atoms with E-state index in [0.29, 0.717) is 43.5 Å². The number of amides is 1. The number of pyridine rings is 1. The van der Waals surface area contributed by atoms with Crippen LogP contribution in [0.15, 0.2) is 60.9 Å². The van der Waals surface area contributed by atoms with Gasteiger partial charge in [-0.05, 0) is 53.3 Å². The molecule has 0 fully saturated rings. The van der Waals surface area contributed by atoms with Crippen LogP contribution in [0.2, 0.25) is 0 Å². The summed E-state index contributed by atoms with van der Waals surface area (Å²) < 4.78 is 14.8. The number of carbonyl (C=O) groups is 2. The molecule has 2 heterocycles. The molecular weight excluding hydrogens is 379 g/mol. The maximum absolute atomic E-state index is 14.8. The molecule has 3 aromatic rings. The average molecular weight is 402 g/mol. The minimum atomic E-state index is -0.376. The van der Waals surface area contributed by atoms with Crippen molar-refractivity contribution in [3.63, 3.8) is 0 Å². The van der Waals surface area contributed by atoms with Gasteiger partial charge in [0.2, 0.25) is 5.91 Å². The van der Waals surface area contributed by atoms with Gasteiger partial charge in [0.25, 0.3) is 0 Å². The minimum Gasteiger partial charge on any atom is -0.309 e. The van der Waals surface area contributed by atoms with Gasteiger partial charge in [0, 0.05) is 37.3 Å². The van der Waals surface area contributed by atoms with Gasteiger partial charge in [-0.2, -0.15) is 0 Å². The number of hydrogen-bond donors (Lipinski definition) is 0. The zero-order valence-corrected chi connectivity index (χ0v) is 16.9. The van der Waals surface area contributed by atoms with Crippen LogP contribution in [0.4, 0.5) is 10.1 Å². The summed E-state index contributed by atoms with van der Waals surface area (Å²) in [5.74, 6) is -0.368. The fraction of sp³-hybridized carbons (Fsp3) is 0.240. The van der Waals surface area contributed by atoms with E-state index in [1.54, 1.807) is 36.4 Å². The van der Waals surface area contributed by atoms with Gasteiger partial charge in [-0.3, -0.25) is 14.6 Å². The smallest absolute Gasteiger partial charge is 0.226 e. The average Bonchev–Trinajstić information content (AvgIpc) is 3.22. The zero-order chi connectivity index (χ0) is 21.1. The van der Waals surface area contributed by atoms with Crippen molar-refractivity contribution >= 4 is 17.4 Å². The summed E-state index contributed by atoms with van der Waals surface area (Å²) in [4.78, 5) is 30.1. The Morgan fingerprint density at radius 3 is 2.60 bits per heavy atom. The van der Waals surface area contributed by atoms with Crippen LogP contribution in [-0.2, 0) is 17.6 Å². The molecular formula is C25H23FN2O2. The number of ketones is 1. The molecule has 4 nitrogen and oxygen atoms in total. The fourth-order valence-corrected chi connectivity index (χ4v) is 3.90. The van der Waals surface area contributed by atoms with Crippen LogP contribution in [0.5, 0.6) is 0 Å². The Hall–Kier alpha value is -3.34. The van der Waals surface area contributed by atoms with Crippen molar-refractivity contribution in [3.8, 4) is 11.1 Å². The van der Waals surface area contributed by atoms with Crippen molar-refractivity contribution in [3.05, 3.63) is 83.4 Å². The highest BCUT2D eigenvalue weighted by molar-refractivity contribution is 5.97. The van der Waals surface area contributed by atoms with Gasteiger partial charge in [-0.25, -0.2) is 4.39 Å². The van der Waals surface area contributed by atoms with Gasteiger partial charge in [-0.1, -0.05) is 37.3 Å². The molecule has 1 aromatic heterocycles. The summed E-state index contributed by atoms with van der Waals surface area (Å²) >= 11 is 0. The van der Waals surface area contributed by atoms with Crippen LogP contribution in [-0.4, -0.2) is 23.2 Å². The zero-order valence-electron chi connectivity index (χ0n) is 16.9. The van der Waals surface area contributed by atoms with Crippen LogP contribution in [0.1, 0.15) is 41.3 Å². The van der Waals surface area contributed by atoms with Crippen LogP contribution in [0.3, 0.4) is 0 Å². The molecule has 1 aliphatic rings. The molecule has 0 saturated carbocycles. The number of carbonyl (C=O) groups excluding carboxylic acids is 2. The number of nitrogens with zero attached hydrogens (tertiary/aromatic N) is 2. The molecule has 0 N–H and O–H groups in total. The van der Waals surface area contributed by atoms with Crippen LogP contribution >= 0.6 is 0 Å². The summed E-state index contributed by atoms with van der Waals surface area (Å²) in [7, 11) is 0. The second kappa shape index (κ2) is 8.57.